The lowest BCUT2D eigenvalue weighted by molar-refractivity contribution is -0.127. The molecule has 0 aromatic heterocycles. The van der Waals surface area contributed by atoms with Crippen LogP contribution in [0.4, 0.5) is 10.5 Å². The minimum absolute atomic E-state index is 0.195. The first-order valence-electron chi connectivity index (χ1n) is 10.4. The molecular weight excluding hydrogens is 548 g/mol. The van der Waals surface area contributed by atoms with Crippen molar-refractivity contribution in [3.05, 3.63) is 98.9 Å². The molecule has 0 bridgehead atoms. The van der Waals surface area contributed by atoms with Gasteiger partial charge in [-0.1, -0.05) is 74.3 Å². The highest BCUT2D eigenvalue weighted by molar-refractivity contribution is 9.10. The van der Waals surface area contributed by atoms with Crippen molar-refractivity contribution < 1.29 is 9.59 Å². The maximum absolute atomic E-state index is 14.3. The Labute approximate surface area is 208 Å². The van der Waals surface area contributed by atoms with E-state index >= 15 is 0 Å². The highest BCUT2D eigenvalue weighted by atomic mass is 79.9. The fourth-order valence-electron chi connectivity index (χ4n) is 4.72. The highest BCUT2D eigenvalue weighted by Gasteiger charge is 2.63. The van der Waals surface area contributed by atoms with Gasteiger partial charge in [0.25, 0.3) is 5.91 Å². The lowest BCUT2D eigenvalue weighted by Crippen LogP contribution is -2.63. The quantitative estimate of drug-likeness (QED) is 0.425. The third-order valence-corrected chi connectivity index (χ3v) is 7.32. The zero-order valence-electron chi connectivity index (χ0n) is 17.6. The van der Waals surface area contributed by atoms with Gasteiger partial charge in [-0.15, -0.1) is 0 Å². The lowest BCUT2D eigenvalue weighted by atomic mass is 9.65. The first kappa shape index (κ1) is 21.9. The summed E-state index contributed by atoms with van der Waals surface area (Å²) < 4.78 is 1.83. The summed E-state index contributed by atoms with van der Waals surface area (Å²) in [6.07, 6.45) is 0. The minimum Gasteiger partial charge on any atom is -0.330 e. The van der Waals surface area contributed by atoms with Crippen molar-refractivity contribution in [3.63, 3.8) is 0 Å². The molecule has 3 atom stereocenters. The van der Waals surface area contributed by atoms with Gasteiger partial charge in [-0.2, -0.15) is 10.1 Å². The molecule has 2 N–H and O–H groups in total. The second kappa shape index (κ2) is 8.43. The number of hydrogen-bond donors (Lipinski definition) is 2. The Morgan fingerprint density at radius 2 is 1.27 bits per heavy atom. The van der Waals surface area contributed by atoms with Crippen LogP contribution < -0.4 is 15.6 Å². The maximum atomic E-state index is 14.3. The highest BCUT2D eigenvalue weighted by Crippen LogP contribution is 2.52. The topological polar surface area (TPSA) is 73.8 Å². The molecule has 8 heteroatoms. The van der Waals surface area contributed by atoms with Crippen molar-refractivity contribution in [3.8, 4) is 0 Å². The standard InChI is InChI=1S/C25H20Br2N4O2/c1-15-25(23(32)31(30-15)20-5-3-2-4-6-20)21(16-7-11-18(26)12-8-16)28-24(33)29-22(25)17-9-13-19(27)14-10-17/h2-14,21-22H,1H3,(H2,28,29,33)/t21-,22+,25?. The average Bonchev–Trinajstić information content (AvgIpc) is 3.08. The number of carbonyl (C=O) groups excluding carboxylic acids is 2. The zero-order chi connectivity index (χ0) is 23.2. The summed E-state index contributed by atoms with van der Waals surface area (Å²) in [5.74, 6) is -0.195. The number of benzene rings is 3. The minimum atomic E-state index is -1.16. The summed E-state index contributed by atoms with van der Waals surface area (Å²) in [6.45, 7) is 1.86. The van der Waals surface area contributed by atoms with Gasteiger partial charge in [0.1, 0.15) is 5.41 Å². The smallest absolute Gasteiger partial charge is 0.315 e. The SMILES string of the molecule is CC1=NN(c2ccccc2)C(=O)C12[C@@H](c1ccc(Br)cc1)NC(=O)N[C@H]2c1ccc(Br)cc1. The van der Waals surface area contributed by atoms with Crippen LogP contribution in [0.3, 0.4) is 0 Å². The van der Waals surface area contributed by atoms with E-state index in [4.69, 9.17) is 5.10 Å². The number of amides is 3. The Kier molecular flexibility index (Phi) is 5.58. The number of nitrogens with one attached hydrogen (secondary N) is 2. The van der Waals surface area contributed by atoms with Gasteiger partial charge < -0.3 is 10.6 Å². The molecule has 33 heavy (non-hydrogen) atoms. The van der Waals surface area contributed by atoms with E-state index in [9.17, 15) is 9.59 Å². The number of carbonyl (C=O) groups is 2. The number of hydrazone groups is 1. The predicted molar refractivity (Wildman–Crippen MR) is 135 cm³/mol. The van der Waals surface area contributed by atoms with E-state index in [0.29, 0.717) is 11.4 Å². The van der Waals surface area contributed by atoms with Gasteiger partial charge in [0.2, 0.25) is 0 Å². The third kappa shape index (κ3) is 3.57. The van der Waals surface area contributed by atoms with Crippen LogP contribution in [0.2, 0.25) is 0 Å². The van der Waals surface area contributed by atoms with Gasteiger partial charge in [0, 0.05) is 8.95 Å². The zero-order valence-corrected chi connectivity index (χ0v) is 20.8. The van der Waals surface area contributed by atoms with Crippen LogP contribution in [-0.4, -0.2) is 17.6 Å². The van der Waals surface area contributed by atoms with Gasteiger partial charge in [0.05, 0.1) is 23.5 Å². The summed E-state index contributed by atoms with van der Waals surface area (Å²) in [4.78, 5) is 27.2. The second-order valence-electron chi connectivity index (χ2n) is 8.09. The third-order valence-electron chi connectivity index (χ3n) is 6.26. The van der Waals surface area contributed by atoms with Crippen LogP contribution in [-0.2, 0) is 4.79 Å². The molecule has 0 aliphatic carbocycles. The van der Waals surface area contributed by atoms with Gasteiger partial charge >= 0.3 is 6.03 Å². The van der Waals surface area contributed by atoms with Crippen LogP contribution in [0.5, 0.6) is 0 Å². The van der Waals surface area contributed by atoms with Crippen LogP contribution in [0, 0.1) is 5.41 Å². The Bertz CT molecular complexity index is 1190. The first-order valence-corrected chi connectivity index (χ1v) is 12.0. The van der Waals surface area contributed by atoms with Crippen molar-refractivity contribution in [2.45, 2.75) is 19.0 Å². The van der Waals surface area contributed by atoms with Crippen molar-refractivity contribution in [2.75, 3.05) is 5.01 Å². The summed E-state index contributed by atoms with van der Waals surface area (Å²) >= 11 is 6.95. The molecule has 2 aliphatic rings. The van der Waals surface area contributed by atoms with Crippen LogP contribution in [0.1, 0.15) is 30.1 Å². The monoisotopic (exact) mass is 566 g/mol. The van der Waals surface area contributed by atoms with Gasteiger partial charge in [-0.25, -0.2) is 4.79 Å². The predicted octanol–water partition coefficient (Wildman–Crippen LogP) is 5.72. The molecule has 3 aromatic carbocycles. The number of anilines is 1. The molecule has 6 nitrogen and oxygen atoms in total. The number of hydrogen-bond acceptors (Lipinski definition) is 3. The van der Waals surface area contributed by atoms with Gasteiger partial charge in [-0.05, 0) is 54.4 Å². The number of halogens is 2. The first-order chi connectivity index (χ1) is 15.9. The van der Waals surface area contributed by atoms with E-state index in [0.717, 1.165) is 20.1 Å². The van der Waals surface area contributed by atoms with E-state index < -0.39 is 17.5 Å². The molecule has 3 amide bonds. The molecule has 3 aromatic rings. The fraction of sp³-hybridized carbons (Fsp3) is 0.160. The molecule has 1 saturated heterocycles. The molecular formula is C25H20Br2N4O2. The Morgan fingerprint density at radius 3 is 1.76 bits per heavy atom. The normalized spacial score (nSPS) is 24.5. The Balaban J connectivity index is 1.72. The summed E-state index contributed by atoms with van der Waals surface area (Å²) in [5, 5.41) is 12.2. The Morgan fingerprint density at radius 1 is 0.788 bits per heavy atom. The van der Waals surface area contributed by atoms with E-state index in [1.54, 1.807) is 0 Å². The van der Waals surface area contributed by atoms with Crippen molar-refractivity contribution in [1.82, 2.24) is 10.6 Å². The maximum Gasteiger partial charge on any atom is 0.315 e. The lowest BCUT2D eigenvalue weighted by Gasteiger charge is -2.46. The molecule has 2 aliphatic heterocycles. The number of para-hydroxylation sites is 1. The molecule has 1 spiro atoms. The van der Waals surface area contributed by atoms with E-state index in [1.165, 1.54) is 5.01 Å². The summed E-state index contributed by atoms with van der Waals surface area (Å²) in [6, 6.07) is 23.1. The summed E-state index contributed by atoms with van der Waals surface area (Å²) in [7, 11) is 0. The van der Waals surface area contributed by atoms with E-state index in [-0.39, 0.29) is 11.9 Å². The molecule has 166 valence electrons. The molecule has 1 fully saturated rings. The second-order valence-corrected chi connectivity index (χ2v) is 9.93. The van der Waals surface area contributed by atoms with Crippen molar-refractivity contribution in [1.29, 1.82) is 0 Å². The number of nitrogens with zero attached hydrogens (tertiary/aromatic N) is 2. The van der Waals surface area contributed by atoms with Crippen LogP contribution >= 0.6 is 31.9 Å². The Hall–Kier alpha value is -2.97. The van der Waals surface area contributed by atoms with Crippen LogP contribution in [0.15, 0.2) is 92.9 Å². The summed E-state index contributed by atoms with van der Waals surface area (Å²) in [5.41, 5.74) is 1.80. The van der Waals surface area contributed by atoms with E-state index in [1.807, 2.05) is 85.8 Å². The molecule has 5 rings (SSSR count). The average molecular weight is 568 g/mol. The van der Waals surface area contributed by atoms with Crippen molar-refractivity contribution in [2.24, 2.45) is 10.5 Å². The molecule has 2 heterocycles. The number of rotatable bonds is 3. The fourth-order valence-corrected chi connectivity index (χ4v) is 5.25. The number of urea groups is 1. The molecule has 0 saturated carbocycles. The van der Waals surface area contributed by atoms with E-state index in [2.05, 4.69) is 42.5 Å². The molecule has 0 radical (unpaired) electrons. The van der Waals surface area contributed by atoms with Gasteiger partial charge in [-0.3, -0.25) is 4.79 Å². The molecule has 1 unspecified atom stereocenters. The van der Waals surface area contributed by atoms with Crippen molar-refractivity contribution >= 4 is 55.2 Å². The largest absolute Gasteiger partial charge is 0.330 e. The van der Waals surface area contributed by atoms with Crippen LogP contribution in [0.25, 0.3) is 0 Å². The van der Waals surface area contributed by atoms with Gasteiger partial charge in [0.15, 0.2) is 0 Å².